The van der Waals surface area contributed by atoms with Crippen LogP contribution in [0.15, 0.2) is 6.20 Å². The van der Waals surface area contributed by atoms with Gasteiger partial charge in [-0.1, -0.05) is 5.21 Å². The van der Waals surface area contributed by atoms with Gasteiger partial charge >= 0.3 is 5.97 Å². The molecule has 1 fully saturated rings. The van der Waals surface area contributed by atoms with Crippen molar-refractivity contribution in [2.75, 3.05) is 0 Å². The number of aromatic nitrogens is 3. The summed E-state index contributed by atoms with van der Waals surface area (Å²) in [6.45, 7) is 5.33. The van der Waals surface area contributed by atoms with Crippen LogP contribution in [-0.4, -0.2) is 89.2 Å². The van der Waals surface area contributed by atoms with Crippen LogP contribution in [0.5, 0.6) is 0 Å². The zero-order valence-corrected chi connectivity index (χ0v) is 17.0. The molecule has 0 bridgehead atoms. The lowest BCUT2D eigenvalue weighted by molar-refractivity contribution is -0.243. The molecular formula is C17H27N5O8. The van der Waals surface area contributed by atoms with Crippen molar-refractivity contribution in [1.29, 1.82) is 0 Å². The molecule has 0 spiro atoms. The third-order valence-corrected chi connectivity index (χ3v) is 4.72. The Hall–Kier alpha value is -2.61. The van der Waals surface area contributed by atoms with Crippen molar-refractivity contribution in [3.63, 3.8) is 0 Å². The van der Waals surface area contributed by atoms with Crippen LogP contribution >= 0.6 is 0 Å². The predicted molar refractivity (Wildman–Crippen MR) is 98.8 cm³/mol. The lowest BCUT2D eigenvalue weighted by Gasteiger charge is -2.38. The third kappa shape index (κ3) is 5.30. The zero-order chi connectivity index (χ0) is 22.8. The third-order valence-electron chi connectivity index (χ3n) is 4.72. The van der Waals surface area contributed by atoms with Gasteiger partial charge in [-0.25, -0.2) is 9.48 Å². The van der Waals surface area contributed by atoms with Gasteiger partial charge in [-0.2, -0.15) is 0 Å². The van der Waals surface area contributed by atoms with Crippen molar-refractivity contribution < 1.29 is 39.5 Å². The molecule has 2 rings (SSSR count). The maximum atomic E-state index is 12.5. The molecule has 1 aromatic heterocycles. The molecule has 1 aliphatic rings. The second-order valence-corrected chi connectivity index (χ2v) is 7.77. The number of carboxylic acid groups (broad SMARTS) is 1. The Balaban J connectivity index is 2.16. The standard InChI is InChI=1S/C17H27N5O8/c1-7-11(24)12(25)13(26)15(30-7)22-6-9(20-21-22)5-10(18-8(2)23)14(27)19-17(3,4)16(28)29/h6-7,10-13,15,24-26H,5H2,1-4H3,(H,18,23)(H,19,27)(H,28,29)/t7-,10+,11+,12+,13-,15-/m1/s1. The molecule has 0 aromatic carbocycles. The van der Waals surface area contributed by atoms with Gasteiger partial charge in [0, 0.05) is 13.3 Å². The Morgan fingerprint density at radius 3 is 2.43 bits per heavy atom. The summed E-state index contributed by atoms with van der Waals surface area (Å²) in [6.07, 6.45) is -4.88. The Morgan fingerprint density at radius 2 is 1.87 bits per heavy atom. The number of aliphatic hydroxyl groups is 3. The average Bonchev–Trinajstić information content (AvgIpc) is 3.09. The van der Waals surface area contributed by atoms with E-state index in [1.165, 1.54) is 33.9 Å². The first-order valence-corrected chi connectivity index (χ1v) is 9.26. The molecule has 0 unspecified atom stereocenters. The monoisotopic (exact) mass is 429 g/mol. The van der Waals surface area contributed by atoms with Gasteiger partial charge in [-0.05, 0) is 20.8 Å². The van der Waals surface area contributed by atoms with Crippen molar-refractivity contribution in [1.82, 2.24) is 25.6 Å². The number of aliphatic carboxylic acids is 1. The highest BCUT2D eigenvalue weighted by Crippen LogP contribution is 2.27. The van der Waals surface area contributed by atoms with Crippen molar-refractivity contribution in [2.24, 2.45) is 0 Å². The summed E-state index contributed by atoms with van der Waals surface area (Å²) in [5, 5.41) is 51.5. The molecule has 2 amide bonds. The smallest absolute Gasteiger partial charge is 0.328 e. The first-order valence-electron chi connectivity index (χ1n) is 9.26. The maximum Gasteiger partial charge on any atom is 0.328 e. The minimum Gasteiger partial charge on any atom is -0.480 e. The molecule has 1 aromatic rings. The van der Waals surface area contributed by atoms with E-state index in [9.17, 15) is 34.8 Å². The van der Waals surface area contributed by atoms with E-state index in [1.54, 1.807) is 0 Å². The maximum absolute atomic E-state index is 12.5. The van der Waals surface area contributed by atoms with Gasteiger partial charge in [0.05, 0.1) is 18.0 Å². The minimum absolute atomic E-state index is 0.120. The molecule has 30 heavy (non-hydrogen) atoms. The molecule has 6 atom stereocenters. The van der Waals surface area contributed by atoms with Crippen molar-refractivity contribution >= 4 is 17.8 Å². The summed E-state index contributed by atoms with van der Waals surface area (Å²) in [7, 11) is 0. The lowest BCUT2D eigenvalue weighted by Crippen LogP contribution is -2.56. The van der Waals surface area contributed by atoms with Crippen LogP contribution in [0.3, 0.4) is 0 Å². The van der Waals surface area contributed by atoms with E-state index in [0.717, 1.165) is 4.68 Å². The second kappa shape index (κ2) is 9.04. The van der Waals surface area contributed by atoms with Gasteiger partial charge in [0.15, 0.2) is 6.23 Å². The highest BCUT2D eigenvalue weighted by atomic mass is 16.5. The van der Waals surface area contributed by atoms with Gasteiger partial charge < -0.3 is 35.8 Å². The first-order chi connectivity index (χ1) is 13.8. The van der Waals surface area contributed by atoms with Crippen LogP contribution in [0, 0.1) is 0 Å². The van der Waals surface area contributed by atoms with E-state index in [1.807, 2.05) is 0 Å². The summed E-state index contributed by atoms with van der Waals surface area (Å²) in [4.78, 5) is 35.3. The molecule has 2 heterocycles. The van der Waals surface area contributed by atoms with Gasteiger partial charge in [-0.15, -0.1) is 5.10 Å². The number of amides is 2. The Labute approximate surface area is 172 Å². The number of carbonyl (C=O) groups excluding carboxylic acids is 2. The largest absolute Gasteiger partial charge is 0.480 e. The molecule has 0 saturated carbocycles. The van der Waals surface area contributed by atoms with E-state index >= 15 is 0 Å². The van der Waals surface area contributed by atoms with Crippen LogP contribution in [0.2, 0.25) is 0 Å². The molecule has 13 nitrogen and oxygen atoms in total. The van der Waals surface area contributed by atoms with Gasteiger partial charge in [0.2, 0.25) is 11.8 Å². The number of hydrogen-bond acceptors (Lipinski definition) is 9. The van der Waals surface area contributed by atoms with Gasteiger partial charge in [-0.3, -0.25) is 9.59 Å². The molecule has 168 valence electrons. The Morgan fingerprint density at radius 1 is 1.23 bits per heavy atom. The van der Waals surface area contributed by atoms with Crippen LogP contribution < -0.4 is 10.6 Å². The first kappa shape index (κ1) is 23.7. The number of rotatable bonds is 7. The molecule has 1 aliphatic heterocycles. The summed E-state index contributed by atoms with van der Waals surface area (Å²) in [5.74, 6) is -2.48. The average molecular weight is 429 g/mol. The number of carbonyl (C=O) groups is 3. The number of hydrogen-bond donors (Lipinski definition) is 6. The topological polar surface area (TPSA) is 196 Å². The lowest BCUT2D eigenvalue weighted by atomic mass is 9.99. The fraction of sp³-hybridized carbons (Fsp3) is 0.706. The minimum atomic E-state index is -1.56. The molecule has 13 heteroatoms. The van der Waals surface area contributed by atoms with E-state index in [2.05, 4.69) is 20.9 Å². The van der Waals surface area contributed by atoms with Crippen LogP contribution in [-0.2, 0) is 25.5 Å². The van der Waals surface area contributed by atoms with Crippen molar-refractivity contribution in [3.05, 3.63) is 11.9 Å². The van der Waals surface area contributed by atoms with E-state index in [4.69, 9.17) is 4.74 Å². The highest BCUT2D eigenvalue weighted by Gasteiger charge is 2.43. The van der Waals surface area contributed by atoms with Crippen molar-refractivity contribution in [3.8, 4) is 0 Å². The normalized spacial score (nSPS) is 27.9. The predicted octanol–water partition coefficient (Wildman–Crippen LogP) is -2.70. The van der Waals surface area contributed by atoms with Crippen LogP contribution in [0.25, 0.3) is 0 Å². The molecule has 0 aliphatic carbocycles. The fourth-order valence-corrected chi connectivity index (χ4v) is 2.89. The van der Waals surface area contributed by atoms with Crippen LogP contribution in [0.4, 0.5) is 0 Å². The second-order valence-electron chi connectivity index (χ2n) is 7.77. The fourth-order valence-electron chi connectivity index (χ4n) is 2.89. The summed E-state index contributed by atoms with van der Waals surface area (Å²) < 4.78 is 6.61. The zero-order valence-electron chi connectivity index (χ0n) is 17.0. The summed E-state index contributed by atoms with van der Waals surface area (Å²) >= 11 is 0. The van der Waals surface area contributed by atoms with Crippen LogP contribution in [0.1, 0.15) is 39.6 Å². The quantitative estimate of drug-likeness (QED) is 0.265. The van der Waals surface area contributed by atoms with Gasteiger partial charge in [0.25, 0.3) is 0 Å². The molecule has 0 radical (unpaired) electrons. The Kier molecular flexibility index (Phi) is 7.13. The molecular weight excluding hydrogens is 402 g/mol. The number of nitrogens with zero attached hydrogens (tertiary/aromatic N) is 3. The SMILES string of the molecule is CC(=O)N[C@@H](Cc1cn([C@@H]2O[C@H](C)[C@H](O)[C@H](O)[C@H]2O)nn1)C(=O)NC(C)(C)C(=O)O. The van der Waals surface area contributed by atoms with E-state index in [-0.39, 0.29) is 12.1 Å². The number of carboxylic acids is 1. The van der Waals surface area contributed by atoms with E-state index < -0.39 is 60.0 Å². The number of aliphatic hydroxyl groups excluding tert-OH is 3. The number of nitrogens with one attached hydrogen (secondary N) is 2. The number of ether oxygens (including phenoxy) is 1. The summed E-state index contributed by atoms with van der Waals surface area (Å²) in [6, 6.07) is -1.13. The Bertz CT molecular complexity index is 797. The van der Waals surface area contributed by atoms with E-state index in [0.29, 0.717) is 0 Å². The highest BCUT2D eigenvalue weighted by molar-refractivity contribution is 5.91. The van der Waals surface area contributed by atoms with Gasteiger partial charge in [0.1, 0.15) is 29.9 Å². The van der Waals surface area contributed by atoms with Crippen molar-refractivity contribution in [2.45, 2.75) is 76.3 Å². The molecule has 6 N–H and O–H groups in total. The summed E-state index contributed by atoms with van der Waals surface area (Å²) in [5.41, 5.74) is -1.32. The molecule has 1 saturated heterocycles.